The maximum atomic E-state index is 11.6. The summed E-state index contributed by atoms with van der Waals surface area (Å²) in [6.07, 6.45) is 3.73. The van der Waals surface area contributed by atoms with E-state index in [2.05, 4.69) is 11.8 Å². The molecule has 0 amide bonds. The summed E-state index contributed by atoms with van der Waals surface area (Å²) in [6, 6.07) is 0. The molecule has 2 aliphatic rings. The fourth-order valence-electron chi connectivity index (χ4n) is 3.10. The van der Waals surface area contributed by atoms with Gasteiger partial charge in [0.2, 0.25) is 0 Å². The van der Waals surface area contributed by atoms with E-state index in [4.69, 9.17) is 10.5 Å². The van der Waals surface area contributed by atoms with E-state index in [0.717, 1.165) is 32.6 Å². The first kappa shape index (κ1) is 12.8. The summed E-state index contributed by atoms with van der Waals surface area (Å²) in [5.74, 6) is 0.425. The van der Waals surface area contributed by atoms with Crippen molar-refractivity contribution in [2.75, 3.05) is 33.3 Å². The van der Waals surface area contributed by atoms with Gasteiger partial charge in [-0.1, -0.05) is 6.92 Å². The summed E-state index contributed by atoms with van der Waals surface area (Å²) in [4.78, 5) is 14.0. The first-order valence-electron chi connectivity index (χ1n) is 6.60. The highest BCUT2D eigenvalue weighted by atomic mass is 16.5. The fourth-order valence-corrected chi connectivity index (χ4v) is 3.10. The van der Waals surface area contributed by atoms with Crippen LogP contribution in [0.1, 0.15) is 26.2 Å². The van der Waals surface area contributed by atoms with Crippen LogP contribution in [0.25, 0.3) is 0 Å². The summed E-state index contributed by atoms with van der Waals surface area (Å²) in [7, 11) is 1.48. The maximum Gasteiger partial charge on any atom is 0.310 e. The van der Waals surface area contributed by atoms with Crippen molar-refractivity contribution >= 4 is 5.97 Å². The quantitative estimate of drug-likeness (QED) is 0.724. The molecule has 0 aromatic carbocycles. The smallest absolute Gasteiger partial charge is 0.310 e. The van der Waals surface area contributed by atoms with Crippen LogP contribution in [0.4, 0.5) is 0 Å². The standard InChI is InChI=1S/C13H24N2O2/c1-10-7-15(8-11(10)12(16)17-2)9-13(3-4-13)5-6-14/h10-11H,3-9,14H2,1-2H3. The second-order valence-electron chi connectivity index (χ2n) is 5.84. The van der Waals surface area contributed by atoms with Gasteiger partial charge < -0.3 is 15.4 Å². The summed E-state index contributed by atoms with van der Waals surface area (Å²) in [5, 5.41) is 0. The number of nitrogens with zero attached hydrogens (tertiary/aromatic N) is 1. The average Bonchev–Trinajstić information content (AvgIpc) is 2.94. The first-order valence-corrected chi connectivity index (χ1v) is 6.60. The third kappa shape index (κ3) is 2.80. The third-order valence-electron chi connectivity index (χ3n) is 4.38. The number of carbonyl (C=O) groups is 1. The summed E-state index contributed by atoms with van der Waals surface area (Å²) in [5.41, 5.74) is 6.13. The first-order chi connectivity index (χ1) is 8.10. The lowest BCUT2D eigenvalue weighted by Crippen LogP contribution is -2.31. The Kier molecular flexibility index (Phi) is 3.73. The van der Waals surface area contributed by atoms with E-state index < -0.39 is 0 Å². The Morgan fingerprint density at radius 1 is 1.47 bits per heavy atom. The van der Waals surface area contributed by atoms with Gasteiger partial charge in [0.05, 0.1) is 13.0 Å². The van der Waals surface area contributed by atoms with Crippen LogP contribution >= 0.6 is 0 Å². The molecule has 1 heterocycles. The minimum absolute atomic E-state index is 0.0522. The molecule has 2 atom stereocenters. The van der Waals surface area contributed by atoms with Gasteiger partial charge in [-0.05, 0) is 37.1 Å². The van der Waals surface area contributed by atoms with Gasteiger partial charge in [0.15, 0.2) is 0 Å². The second-order valence-corrected chi connectivity index (χ2v) is 5.84. The lowest BCUT2D eigenvalue weighted by Gasteiger charge is -2.22. The van der Waals surface area contributed by atoms with E-state index >= 15 is 0 Å². The number of carbonyl (C=O) groups excluding carboxylic acids is 1. The zero-order chi connectivity index (χ0) is 12.5. The molecule has 0 aromatic heterocycles. The van der Waals surface area contributed by atoms with Crippen LogP contribution in [-0.4, -0.2) is 44.2 Å². The molecule has 0 bridgehead atoms. The summed E-state index contributed by atoms with van der Waals surface area (Å²) in [6.45, 7) is 5.92. The van der Waals surface area contributed by atoms with Gasteiger partial charge in [0.25, 0.3) is 0 Å². The highest BCUT2D eigenvalue weighted by Gasteiger charge is 2.45. The zero-order valence-electron chi connectivity index (χ0n) is 10.9. The zero-order valence-corrected chi connectivity index (χ0v) is 10.9. The highest BCUT2D eigenvalue weighted by Crippen LogP contribution is 2.49. The highest BCUT2D eigenvalue weighted by molar-refractivity contribution is 5.73. The lowest BCUT2D eigenvalue weighted by molar-refractivity contribution is -0.146. The molecule has 1 aliphatic carbocycles. The Morgan fingerprint density at radius 2 is 2.18 bits per heavy atom. The monoisotopic (exact) mass is 240 g/mol. The minimum Gasteiger partial charge on any atom is -0.469 e. The lowest BCUT2D eigenvalue weighted by atomic mass is 9.99. The van der Waals surface area contributed by atoms with E-state index in [0.29, 0.717) is 11.3 Å². The molecule has 0 spiro atoms. The second kappa shape index (κ2) is 4.94. The molecule has 1 saturated heterocycles. The van der Waals surface area contributed by atoms with E-state index in [9.17, 15) is 4.79 Å². The number of hydrogen-bond acceptors (Lipinski definition) is 4. The topological polar surface area (TPSA) is 55.6 Å². The van der Waals surface area contributed by atoms with E-state index in [1.54, 1.807) is 0 Å². The SMILES string of the molecule is COC(=O)C1CN(CC2(CCN)CC2)CC1C. The van der Waals surface area contributed by atoms with Gasteiger partial charge in [-0.25, -0.2) is 0 Å². The van der Waals surface area contributed by atoms with Crippen LogP contribution in [0.2, 0.25) is 0 Å². The van der Waals surface area contributed by atoms with Gasteiger partial charge in [0, 0.05) is 19.6 Å². The molecule has 4 heteroatoms. The number of hydrogen-bond donors (Lipinski definition) is 1. The van der Waals surface area contributed by atoms with Crippen molar-refractivity contribution in [2.45, 2.75) is 26.2 Å². The van der Waals surface area contributed by atoms with E-state index in [1.165, 1.54) is 20.0 Å². The summed E-state index contributed by atoms with van der Waals surface area (Å²) >= 11 is 0. The molecule has 98 valence electrons. The number of esters is 1. The fraction of sp³-hybridized carbons (Fsp3) is 0.923. The molecule has 2 fully saturated rings. The maximum absolute atomic E-state index is 11.6. The molecule has 0 aromatic rings. The van der Waals surface area contributed by atoms with Crippen molar-refractivity contribution in [1.82, 2.24) is 4.90 Å². The molecular weight excluding hydrogens is 216 g/mol. The third-order valence-corrected chi connectivity index (χ3v) is 4.38. The Hall–Kier alpha value is -0.610. The van der Waals surface area contributed by atoms with Gasteiger partial charge in [-0.2, -0.15) is 0 Å². The normalized spacial score (nSPS) is 31.5. The van der Waals surface area contributed by atoms with Gasteiger partial charge in [-0.3, -0.25) is 4.79 Å². The van der Waals surface area contributed by atoms with Gasteiger partial charge >= 0.3 is 5.97 Å². The molecule has 17 heavy (non-hydrogen) atoms. The van der Waals surface area contributed by atoms with Crippen LogP contribution in [0.3, 0.4) is 0 Å². The minimum atomic E-state index is -0.0522. The molecule has 2 rings (SSSR count). The predicted octanol–water partition coefficient (Wildman–Crippen LogP) is 0.856. The molecule has 2 N–H and O–H groups in total. The van der Waals surface area contributed by atoms with Crippen LogP contribution < -0.4 is 5.73 Å². The van der Waals surface area contributed by atoms with Crippen LogP contribution in [0.5, 0.6) is 0 Å². The number of ether oxygens (including phenoxy) is 1. The summed E-state index contributed by atoms with van der Waals surface area (Å²) < 4.78 is 4.86. The van der Waals surface area contributed by atoms with Crippen molar-refractivity contribution in [3.8, 4) is 0 Å². The Morgan fingerprint density at radius 3 is 2.71 bits per heavy atom. The molecule has 0 radical (unpaired) electrons. The molecule has 1 aliphatic heterocycles. The van der Waals surface area contributed by atoms with Crippen LogP contribution in [-0.2, 0) is 9.53 Å². The van der Waals surface area contributed by atoms with Crippen molar-refractivity contribution < 1.29 is 9.53 Å². The predicted molar refractivity (Wildman–Crippen MR) is 66.4 cm³/mol. The van der Waals surface area contributed by atoms with Crippen molar-refractivity contribution in [3.05, 3.63) is 0 Å². The van der Waals surface area contributed by atoms with Crippen LogP contribution in [0, 0.1) is 17.3 Å². The molecule has 1 saturated carbocycles. The van der Waals surface area contributed by atoms with Crippen molar-refractivity contribution in [1.29, 1.82) is 0 Å². The Balaban J connectivity index is 1.86. The largest absolute Gasteiger partial charge is 0.469 e. The van der Waals surface area contributed by atoms with E-state index in [-0.39, 0.29) is 11.9 Å². The van der Waals surface area contributed by atoms with Gasteiger partial charge in [0.1, 0.15) is 0 Å². The molecule has 4 nitrogen and oxygen atoms in total. The Bertz CT molecular complexity index is 289. The Labute approximate surface area is 103 Å². The number of methoxy groups -OCH3 is 1. The van der Waals surface area contributed by atoms with Crippen molar-refractivity contribution in [2.24, 2.45) is 23.0 Å². The number of nitrogens with two attached hydrogens (primary N) is 1. The molecule has 2 unspecified atom stereocenters. The average molecular weight is 240 g/mol. The number of rotatable bonds is 5. The molecular formula is C13H24N2O2. The van der Waals surface area contributed by atoms with E-state index in [1.807, 2.05) is 0 Å². The van der Waals surface area contributed by atoms with Crippen molar-refractivity contribution in [3.63, 3.8) is 0 Å². The van der Waals surface area contributed by atoms with Crippen LogP contribution in [0.15, 0.2) is 0 Å². The number of likely N-dealkylation sites (tertiary alicyclic amines) is 1. The van der Waals surface area contributed by atoms with Gasteiger partial charge in [-0.15, -0.1) is 0 Å².